The molecule has 15 heavy (non-hydrogen) atoms. The summed E-state index contributed by atoms with van der Waals surface area (Å²) in [6, 6.07) is 0. The van der Waals surface area contributed by atoms with E-state index < -0.39 is 0 Å². The van der Waals surface area contributed by atoms with E-state index in [4.69, 9.17) is 0 Å². The molecule has 1 heterocycles. The lowest BCUT2D eigenvalue weighted by Crippen LogP contribution is -2.53. The van der Waals surface area contributed by atoms with Gasteiger partial charge in [-0.3, -0.25) is 14.5 Å². The van der Waals surface area contributed by atoms with Crippen LogP contribution in [0.15, 0.2) is 12.2 Å². The lowest BCUT2D eigenvalue weighted by atomic mass is 9.82. The van der Waals surface area contributed by atoms with Crippen LogP contribution < -0.4 is 0 Å². The molecule has 0 aromatic rings. The van der Waals surface area contributed by atoms with E-state index in [-0.39, 0.29) is 23.3 Å². The van der Waals surface area contributed by atoms with Gasteiger partial charge in [-0.2, -0.15) is 0 Å². The van der Waals surface area contributed by atoms with Gasteiger partial charge >= 0.3 is 0 Å². The number of carbonyl (C=O) groups is 2. The number of nitrogens with zero attached hydrogens (tertiary/aromatic N) is 1. The minimum atomic E-state index is -0.355. The average Bonchev–Trinajstić information content (AvgIpc) is 2.46. The summed E-state index contributed by atoms with van der Waals surface area (Å²) < 4.78 is 0. The van der Waals surface area contributed by atoms with Crippen molar-refractivity contribution in [2.75, 3.05) is 0 Å². The highest BCUT2D eigenvalue weighted by Crippen LogP contribution is 2.32. The number of hydrogen-bond donors (Lipinski definition) is 0. The van der Waals surface area contributed by atoms with E-state index in [9.17, 15) is 9.59 Å². The highest BCUT2D eigenvalue weighted by Gasteiger charge is 2.41. The van der Waals surface area contributed by atoms with Gasteiger partial charge in [-0.15, -0.1) is 0 Å². The number of amides is 2. The Morgan fingerprint density at radius 3 is 2.07 bits per heavy atom. The van der Waals surface area contributed by atoms with Gasteiger partial charge in [-0.05, 0) is 19.3 Å². The van der Waals surface area contributed by atoms with Crippen molar-refractivity contribution in [3.05, 3.63) is 12.2 Å². The second-order valence-corrected chi connectivity index (χ2v) is 4.61. The van der Waals surface area contributed by atoms with Crippen molar-refractivity contribution >= 4 is 11.8 Å². The van der Waals surface area contributed by atoms with Crippen LogP contribution in [0.5, 0.6) is 0 Å². The van der Waals surface area contributed by atoms with E-state index >= 15 is 0 Å². The number of hydrogen-bond acceptors (Lipinski definition) is 2. The number of rotatable bonds is 4. The Bertz CT molecular complexity index is 289. The van der Waals surface area contributed by atoms with E-state index in [0.29, 0.717) is 0 Å². The second kappa shape index (κ2) is 4.17. The molecule has 0 aromatic heterocycles. The zero-order valence-electron chi connectivity index (χ0n) is 9.91. The van der Waals surface area contributed by atoms with Crippen LogP contribution in [0.4, 0.5) is 0 Å². The standard InChI is InChI=1S/C12H19NO2/c1-5-8-12(4,9(2)3)13-10(14)6-7-11(13)15/h6-7,9H,5,8H2,1-4H3. The zero-order chi connectivity index (χ0) is 11.6. The van der Waals surface area contributed by atoms with Gasteiger partial charge in [0.2, 0.25) is 0 Å². The molecule has 3 nitrogen and oxygen atoms in total. The first-order chi connectivity index (χ1) is 6.93. The molecule has 0 saturated carbocycles. The monoisotopic (exact) mass is 209 g/mol. The third kappa shape index (κ3) is 1.96. The van der Waals surface area contributed by atoms with Crippen LogP contribution >= 0.6 is 0 Å². The molecule has 1 atom stereocenters. The van der Waals surface area contributed by atoms with Crippen LogP contribution in [0.2, 0.25) is 0 Å². The summed E-state index contributed by atoms with van der Waals surface area (Å²) in [5.74, 6) is -0.0837. The predicted octanol–water partition coefficient (Wildman–Crippen LogP) is 2.13. The fraction of sp³-hybridized carbons (Fsp3) is 0.667. The molecule has 0 aromatic carbocycles. The van der Waals surface area contributed by atoms with Gasteiger partial charge in [0.25, 0.3) is 11.8 Å². The Morgan fingerprint density at radius 1 is 1.27 bits per heavy atom. The van der Waals surface area contributed by atoms with Crippen LogP contribution in [-0.4, -0.2) is 22.3 Å². The Labute approximate surface area is 91.1 Å². The zero-order valence-corrected chi connectivity index (χ0v) is 9.91. The smallest absolute Gasteiger partial charge is 0.254 e. The van der Waals surface area contributed by atoms with Gasteiger partial charge in [-0.25, -0.2) is 0 Å². The first kappa shape index (κ1) is 12.0. The van der Waals surface area contributed by atoms with Crippen molar-refractivity contribution < 1.29 is 9.59 Å². The van der Waals surface area contributed by atoms with E-state index in [1.54, 1.807) is 0 Å². The Morgan fingerprint density at radius 2 is 1.73 bits per heavy atom. The van der Waals surface area contributed by atoms with Crippen molar-refractivity contribution in [3.63, 3.8) is 0 Å². The molecule has 0 N–H and O–H groups in total. The summed E-state index contributed by atoms with van der Waals surface area (Å²) in [7, 11) is 0. The molecule has 0 fully saturated rings. The molecule has 1 aliphatic heterocycles. The SMILES string of the molecule is CCCC(C)(C(C)C)N1C(=O)C=CC1=O. The molecule has 3 heteroatoms. The predicted molar refractivity (Wildman–Crippen MR) is 59.1 cm³/mol. The Balaban J connectivity index is 3.00. The van der Waals surface area contributed by atoms with Gasteiger partial charge in [0.1, 0.15) is 0 Å². The second-order valence-electron chi connectivity index (χ2n) is 4.61. The minimum absolute atomic E-state index is 0.176. The molecule has 0 bridgehead atoms. The van der Waals surface area contributed by atoms with Crippen LogP contribution in [0, 0.1) is 5.92 Å². The highest BCUT2D eigenvalue weighted by molar-refractivity contribution is 6.13. The lowest BCUT2D eigenvalue weighted by Gasteiger charge is -2.40. The van der Waals surface area contributed by atoms with Crippen molar-refractivity contribution in [2.24, 2.45) is 5.92 Å². The van der Waals surface area contributed by atoms with E-state index in [1.807, 2.05) is 6.92 Å². The molecule has 0 aliphatic carbocycles. The summed E-state index contributed by atoms with van der Waals surface area (Å²) in [5, 5.41) is 0. The molecular weight excluding hydrogens is 190 g/mol. The van der Waals surface area contributed by atoms with Crippen LogP contribution in [0.25, 0.3) is 0 Å². The molecular formula is C12H19NO2. The molecule has 1 unspecified atom stereocenters. The minimum Gasteiger partial charge on any atom is -0.269 e. The molecule has 2 amide bonds. The lowest BCUT2D eigenvalue weighted by molar-refractivity contribution is -0.145. The summed E-state index contributed by atoms with van der Waals surface area (Å²) in [4.78, 5) is 24.7. The Kier molecular flexibility index (Phi) is 3.32. The third-order valence-electron chi connectivity index (χ3n) is 3.32. The first-order valence-electron chi connectivity index (χ1n) is 5.49. The van der Waals surface area contributed by atoms with Crippen molar-refractivity contribution in [1.29, 1.82) is 0 Å². The van der Waals surface area contributed by atoms with E-state index in [0.717, 1.165) is 12.8 Å². The van der Waals surface area contributed by atoms with Gasteiger partial charge in [0.15, 0.2) is 0 Å². The topological polar surface area (TPSA) is 37.4 Å². The van der Waals surface area contributed by atoms with Crippen molar-refractivity contribution in [2.45, 2.75) is 46.1 Å². The normalized spacial score (nSPS) is 20.2. The quantitative estimate of drug-likeness (QED) is 0.665. The third-order valence-corrected chi connectivity index (χ3v) is 3.32. The number of carbonyl (C=O) groups excluding carboxylic acids is 2. The van der Waals surface area contributed by atoms with Gasteiger partial charge < -0.3 is 0 Å². The maximum absolute atomic E-state index is 11.6. The van der Waals surface area contributed by atoms with Gasteiger partial charge in [0.05, 0.1) is 5.54 Å². The van der Waals surface area contributed by atoms with Crippen LogP contribution in [0.3, 0.4) is 0 Å². The molecule has 1 aliphatic rings. The summed E-state index contributed by atoms with van der Waals surface area (Å²) in [6.45, 7) is 8.16. The summed E-state index contributed by atoms with van der Waals surface area (Å²) in [5.41, 5.74) is -0.355. The van der Waals surface area contributed by atoms with Gasteiger partial charge in [-0.1, -0.05) is 27.2 Å². The fourth-order valence-corrected chi connectivity index (χ4v) is 2.07. The average molecular weight is 209 g/mol. The number of imide groups is 1. The largest absolute Gasteiger partial charge is 0.269 e. The summed E-state index contributed by atoms with van der Waals surface area (Å²) in [6.07, 6.45) is 4.53. The van der Waals surface area contributed by atoms with Crippen LogP contribution in [0.1, 0.15) is 40.5 Å². The fourth-order valence-electron chi connectivity index (χ4n) is 2.07. The first-order valence-corrected chi connectivity index (χ1v) is 5.49. The molecule has 1 rings (SSSR count). The highest BCUT2D eigenvalue weighted by atomic mass is 16.2. The van der Waals surface area contributed by atoms with Crippen molar-refractivity contribution in [3.8, 4) is 0 Å². The van der Waals surface area contributed by atoms with E-state index in [2.05, 4.69) is 20.8 Å². The molecule has 0 saturated heterocycles. The summed E-state index contributed by atoms with van der Waals surface area (Å²) >= 11 is 0. The van der Waals surface area contributed by atoms with Crippen molar-refractivity contribution in [1.82, 2.24) is 4.90 Å². The Hall–Kier alpha value is -1.12. The van der Waals surface area contributed by atoms with Gasteiger partial charge in [0, 0.05) is 12.2 Å². The van der Waals surface area contributed by atoms with Crippen LogP contribution in [-0.2, 0) is 9.59 Å². The molecule has 84 valence electrons. The maximum Gasteiger partial charge on any atom is 0.254 e. The molecule has 0 spiro atoms. The maximum atomic E-state index is 11.6. The van der Waals surface area contributed by atoms with E-state index in [1.165, 1.54) is 17.1 Å². The molecule has 0 radical (unpaired) electrons.